The summed E-state index contributed by atoms with van der Waals surface area (Å²) in [5.74, 6) is -0.277. The summed E-state index contributed by atoms with van der Waals surface area (Å²) in [6.45, 7) is 0.686. The van der Waals surface area contributed by atoms with Crippen LogP contribution in [0.3, 0.4) is 0 Å². The molecule has 0 bridgehead atoms. The van der Waals surface area contributed by atoms with Crippen molar-refractivity contribution in [3.05, 3.63) is 29.6 Å². The molecule has 1 heterocycles. The molecule has 0 saturated carbocycles. The SMILES string of the molecule is CS(C)(C)CCOCn1c(CCl)nc2ccc(F)c(F)c21. The molecule has 0 atom stereocenters. The summed E-state index contributed by atoms with van der Waals surface area (Å²) in [6.07, 6.45) is 6.59. The summed E-state index contributed by atoms with van der Waals surface area (Å²) in [5.41, 5.74) is 0.489. The number of benzene rings is 1. The molecule has 118 valence electrons. The van der Waals surface area contributed by atoms with E-state index in [0.29, 0.717) is 17.9 Å². The number of fused-ring (bicyclic) bond motifs is 1. The predicted molar refractivity (Wildman–Crippen MR) is 85.4 cm³/mol. The van der Waals surface area contributed by atoms with Crippen molar-refractivity contribution in [3.63, 3.8) is 0 Å². The zero-order chi connectivity index (χ0) is 15.6. The van der Waals surface area contributed by atoms with Crippen LogP contribution in [-0.2, 0) is 17.3 Å². The minimum absolute atomic E-state index is 0.105. The van der Waals surface area contributed by atoms with Crippen LogP contribution in [0.25, 0.3) is 11.0 Å². The number of ether oxygens (including phenoxy) is 1. The first-order chi connectivity index (χ1) is 9.83. The van der Waals surface area contributed by atoms with E-state index in [-0.39, 0.29) is 18.1 Å². The summed E-state index contributed by atoms with van der Waals surface area (Å²) in [4.78, 5) is 4.21. The minimum Gasteiger partial charge on any atom is -0.360 e. The summed E-state index contributed by atoms with van der Waals surface area (Å²) in [6, 6.07) is 2.51. The first-order valence-electron chi connectivity index (χ1n) is 6.46. The van der Waals surface area contributed by atoms with Crippen LogP contribution in [0.4, 0.5) is 8.78 Å². The zero-order valence-electron chi connectivity index (χ0n) is 12.3. The molecule has 0 aliphatic heterocycles. The van der Waals surface area contributed by atoms with E-state index in [9.17, 15) is 8.78 Å². The van der Waals surface area contributed by atoms with Gasteiger partial charge in [-0.1, -0.05) is 0 Å². The van der Waals surface area contributed by atoms with Crippen molar-refractivity contribution in [1.29, 1.82) is 0 Å². The number of alkyl halides is 1. The Morgan fingerprint density at radius 2 is 2.00 bits per heavy atom. The molecule has 3 nitrogen and oxygen atoms in total. The molecule has 21 heavy (non-hydrogen) atoms. The maximum atomic E-state index is 14.0. The number of hydrogen-bond donors (Lipinski definition) is 0. The molecule has 0 amide bonds. The van der Waals surface area contributed by atoms with Crippen molar-refractivity contribution in [2.75, 3.05) is 31.1 Å². The van der Waals surface area contributed by atoms with E-state index in [2.05, 4.69) is 23.8 Å². The Kier molecular flexibility index (Phi) is 5.11. The molecule has 0 aliphatic rings. The van der Waals surface area contributed by atoms with Gasteiger partial charge in [-0.2, -0.15) is 0 Å². The predicted octanol–water partition coefficient (Wildman–Crippen LogP) is 3.72. The molecule has 2 rings (SSSR count). The molecular formula is C14H19ClF2N2OS. The van der Waals surface area contributed by atoms with Crippen LogP contribution >= 0.6 is 21.6 Å². The Bertz CT molecular complexity index is 640. The lowest BCUT2D eigenvalue weighted by Gasteiger charge is -2.24. The molecule has 7 heteroatoms. The maximum absolute atomic E-state index is 14.0. The van der Waals surface area contributed by atoms with E-state index >= 15 is 0 Å². The summed E-state index contributed by atoms with van der Waals surface area (Å²) >= 11 is 5.83. The number of imidazole rings is 1. The number of halogens is 3. The average Bonchev–Trinajstić information content (AvgIpc) is 2.76. The lowest BCUT2D eigenvalue weighted by Crippen LogP contribution is -2.12. The quantitative estimate of drug-likeness (QED) is 0.594. The molecular weight excluding hydrogens is 318 g/mol. The molecule has 0 radical (unpaired) electrons. The molecule has 0 unspecified atom stereocenters. The molecule has 0 saturated heterocycles. The van der Waals surface area contributed by atoms with E-state index in [1.165, 1.54) is 10.6 Å². The first-order valence-corrected chi connectivity index (χ1v) is 10.0. The summed E-state index contributed by atoms with van der Waals surface area (Å²) in [7, 11) is -0.648. The van der Waals surface area contributed by atoms with Gasteiger partial charge in [-0.15, -0.1) is 11.6 Å². The second-order valence-corrected chi connectivity index (χ2v) is 10.5. The lowest BCUT2D eigenvalue weighted by molar-refractivity contribution is 0.0904. The van der Waals surface area contributed by atoms with Crippen LogP contribution < -0.4 is 0 Å². The van der Waals surface area contributed by atoms with Crippen LogP contribution in [0, 0.1) is 11.6 Å². The van der Waals surface area contributed by atoms with Crippen molar-refractivity contribution in [2.24, 2.45) is 0 Å². The first kappa shape index (κ1) is 16.5. The fraction of sp³-hybridized carbons (Fsp3) is 0.500. The number of rotatable bonds is 6. The van der Waals surface area contributed by atoms with Gasteiger partial charge in [0, 0.05) is 5.75 Å². The Hall–Kier alpha value is -0.850. The lowest BCUT2D eigenvalue weighted by atomic mass is 10.3. The molecule has 0 spiro atoms. The van der Waals surface area contributed by atoms with Gasteiger partial charge < -0.3 is 9.30 Å². The van der Waals surface area contributed by atoms with Gasteiger partial charge in [-0.05, 0) is 30.9 Å². The Morgan fingerprint density at radius 1 is 1.29 bits per heavy atom. The smallest absolute Gasteiger partial charge is 0.184 e. The maximum Gasteiger partial charge on any atom is 0.184 e. The van der Waals surface area contributed by atoms with E-state index in [4.69, 9.17) is 16.3 Å². The van der Waals surface area contributed by atoms with E-state index in [1.807, 2.05) is 0 Å². The summed E-state index contributed by atoms with van der Waals surface area (Å²) in [5, 5.41) is 0. The highest BCUT2D eigenvalue weighted by Gasteiger charge is 2.17. The van der Waals surface area contributed by atoms with Crippen LogP contribution in [0.15, 0.2) is 12.1 Å². The van der Waals surface area contributed by atoms with Crippen molar-refractivity contribution >= 4 is 32.7 Å². The number of hydrogen-bond acceptors (Lipinski definition) is 2. The van der Waals surface area contributed by atoms with Gasteiger partial charge in [-0.25, -0.2) is 23.8 Å². The third-order valence-electron chi connectivity index (χ3n) is 3.06. The standard InChI is InChI=1S/C14H19ClF2N2OS/c1-21(2,3)7-6-20-9-19-12(8-15)18-11-5-4-10(16)13(17)14(11)19/h4-5H,6-9H2,1-3H3. The fourth-order valence-electron chi connectivity index (χ4n) is 1.91. The molecule has 0 aliphatic carbocycles. The second-order valence-electron chi connectivity index (χ2n) is 5.65. The van der Waals surface area contributed by atoms with Gasteiger partial charge in [-0.3, -0.25) is 0 Å². The van der Waals surface area contributed by atoms with Gasteiger partial charge in [0.1, 0.15) is 18.1 Å². The van der Waals surface area contributed by atoms with Crippen LogP contribution in [0.2, 0.25) is 0 Å². The third-order valence-corrected chi connectivity index (χ3v) is 4.69. The number of nitrogens with zero attached hydrogens (tertiary/aromatic N) is 2. The van der Waals surface area contributed by atoms with Gasteiger partial charge in [0.15, 0.2) is 11.6 Å². The van der Waals surface area contributed by atoms with E-state index in [0.717, 1.165) is 11.8 Å². The van der Waals surface area contributed by atoms with E-state index < -0.39 is 21.7 Å². The van der Waals surface area contributed by atoms with Crippen molar-refractivity contribution in [1.82, 2.24) is 9.55 Å². The molecule has 1 aromatic carbocycles. The topological polar surface area (TPSA) is 27.1 Å². The van der Waals surface area contributed by atoms with Gasteiger partial charge in [0.2, 0.25) is 0 Å². The van der Waals surface area contributed by atoms with E-state index in [1.54, 1.807) is 0 Å². The van der Waals surface area contributed by atoms with Gasteiger partial charge >= 0.3 is 0 Å². The molecule has 1 aromatic heterocycles. The minimum atomic E-state index is -0.915. The zero-order valence-corrected chi connectivity index (χ0v) is 13.9. The van der Waals surface area contributed by atoms with Crippen molar-refractivity contribution < 1.29 is 13.5 Å². The second kappa shape index (κ2) is 6.50. The molecule has 0 N–H and O–H groups in total. The Balaban J connectivity index is 2.23. The number of aromatic nitrogens is 2. The third kappa shape index (κ3) is 3.87. The normalized spacial score (nSPS) is 13.0. The fourth-order valence-corrected chi connectivity index (χ4v) is 2.73. The highest BCUT2D eigenvalue weighted by molar-refractivity contribution is 8.32. The largest absolute Gasteiger partial charge is 0.360 e. The molecule has 0 fully saturated rings. The van der Waals surface area contributed by atoms with Crippen LogP contribution in [-0.4, -0.2) is 40.7 Å². The van der Waals surface area contributed by atoms with Crippen molar-refractivity contribution in [3.8, 4) is 0 Å². The molecule has 2 aromatic rings. The Labute approximate surface area is 129 Å². The van der Waals surface area contributed by atoms with Crippen LogP contribution in [0.5, 0.6) is 0 Å². The highest BCUT2D eigenvalue weighted by atomic mass is 35.5. The van der Waals surface area contributed by atoms with Crippen molar-refractivity contribution in [2.45, 2.75) is 12.6 Å². The Morgan fingerprint density at radius 3 is 2.62 bits per heavy atom. The highest BCUT2D eigenvalue weighted by Crippen LogP contribution is 2.33. The van der Waals surface area contributed by atoms with Gasteiger partial charge in [0.05, 0.1) is 18.0 Å². The average molecular weight is 337 g/mol. The van der Waals surface area contributed by atoms with Gasteiger partial charge in [0.25, 0.3) is 0 Å². The monoisotopic (exact) mass is 336 g/mol. The summed E-state index contributed by atoms with van der Waals surface area (Å²) < 4.78 is 34.5. The van der Waals surface area contributed by atoms with Crippen LogP contribution in [0.1, 0.15) is 5.82 Å².